The van der Waals surface area contributed by atoms with Gasteiger partial charge in [0.2, 0.25) is 0 Å². The molecule has 0 aliphatic heterocycles. The standard InChI is InChI=1S/C11H13N3O/c1-2-3-6-9-13-10-8(11(15)14-9)5-4-7-12-10/h4-5,7H,2-3,6H2,1H3,(H,12,13,14,15). The molecule has 2 heterocycles. The SMILES string of the molecule is CCCCc1nc(=O)c2cccnc2[nH]1. The van der Waals surface area contributed by atoms with Crippen molar-refractivity contribution in [1.82, 2.24) is 15.0 Å². The lowest BCUT2D eigenvalue weighted by molar-refractivity contribution is 0.752. The van der Waals surface area contributed by atoms with Crippen LogP contribution in [0, 0.1) is 0 Å². The van der Waals surface area contributed by atoms with Crippen LogP contribution in [-0.2, 0) is 6.42 Å². The number of hydrogen-bond donors (Lipinski definition) is 1. The average molecular weight is 203 g/mol. The molecule has 0 aliphatic rings. The third-order valence-corrected chi connectivity index (χ3v) is 2.30. The van der Waals surface area contributed by atoms with Gasteiger partial charge < -0.3 is 4.98 Å². The molecule has 2 aromatic heterocycles. The minimum atomic E-state index is -0.192. The number of aryl methyl sites for hydroxylation is 1. The molecule has 1 N–H and O–H groups in total. The van der Waals surface area contributed by atoms with Crippen molar-refractivity contribution in [2.45, 2.75) is 26.2 Å². The first-order chi connectivity index (χ1) is 7.31. The Morgan fingerprint density at radius 2 is 2.33 bits per heavy atom. The molecule has 0 unspecified atom stereocenters. The molecule has 0 amide bonds. The number of aromatic amines is 1. The van der Waals surface area contributed by atoms with E-state index in [0.29, 0.717) is 11.0 Å². The van der Waals surface area contributed by atoms with Crippen LogP contribution in [0.15, 0.2) is 23.1 Å². The third kappa shape index (κ3) is 2.03. The monoisotopic (exact) mass is 203 g/mol. The van der Waals surface area contributed by atoms with Crippen molar-refractivity contribution in [3.63, 3.8) is 0 Å². The van der Waals surface area contributed by atoms with Gasteiger partial charge in [-0.05, 0) is 18.6 Å². The van der Waals surface area contributed by atoms with Crippen molar-refractivity contribution in [3.8, 4) is 0 Å². The fourth-order valence-corrected chi connectivity index (χ4v) is 1.49. The van der Waals surface area contributed by atoms with Crippen LogP contribution >= 0.6 is 0 Å². The van der Waals surface area contributed by atoms with Crippen LogP contribution in [0.4, 0.5) is 0 Å². The molecule has 2 rings (SSSR count). The summed E-state index contributed by atoms with van der Waals surface area (Å²) in [7, 11) is 0. The van der Waals surface area contributed by atoms with Crippen LogP contribution in [0.1, 0.15) is 25.6 Å². The molecule has 15 heavy (non-hydrogen) atoms. The second kappa shape index (κ2) is 4.21. The number of nitrogens with zero attached hydrogens (tertiary/aromatic N) is 2. The van der Waals surface area contributed by atoms with Gasteiger partial charge in [-0.2, -0.15) is 4.98 Å². The molecule has 0 atom stereocenters. The Bertz CT molecular complexity index is 518. The van der Waals surface area contributed by atoms with Crippen LogP contribution in [0.5, 0.6) is 0 Å². The minimum absolute atomic E-state index is 0.192. The molecule has 0 spiro atoms. The van der Waals surface area contributed by atoms with Gasteiger partial charge in [0.1, 0.15) is 11.5 Å². The normalized spacial score (nSPS) is 10.7. The Balaban J connectivity index is 2.48. The Labute approximate surface area is 87.4 Å². The molecule has 4 heteroatoms. The molecular weight excluding hydrogens is 190 g/mol. The van der Waals surface area contributed by atoms with E-state index in [4.69, 9.17) is 0 Å². The molecule has 4 nitrogen and oxygen atoms in total. The highest BCUT2D eigenvalue weighted by Crippen LogP contribution is 2.03. The molecule has 0 radical (unpaired) electrons. The van der Waals surface area contributed by atoms with Crippen molar-refractivity contribution in [2.75, 3.05) is 0 Å². The summed E-state index contributed by atoms with van der Waals surface area (Å²) in [4.78, 5) is 22.8. The lowest BCUT2D eigenvalue weighted by Crippen LogP contribution is -2.12. The highest BCUT2D eigenvalue weighted by molar-refractivity contribution is 5.72. The molecule has 0 aromatic carbocycles. The van der Waals surface area contributed by atoms with Gasteiger partial charge >= 0.3 is 0 Å². The van der Waals surface area contributed by atoms with Gasteiger partial charge in [0, 0.05) is 12.6 Å². The minimum Gasteiger partial charge on any atom is -0.328 e. The van der Waals surface area contributed by atoms with E-state index in [1.807, 2.05) is 0 Å². The smallest absolute Gasteiger partial charge is 0.282 e. The number of rotatable bonds is 3. The van der Waals surface area contributed by atoms with E-state index in [2.05, 4.69) is 21.9 Å². The maximum Gasteiger partial charge on any atom is 0.282 e. The van der Waals surface area contributed by atoms with E-state index in [-0.39, 0.29) is 5.56 Å². The lowest BCUT2D eigenvalue weighted by Gasteiger charge is -2.00. The van der Waals surface area contributed by atoms with Crippen LogP contribution in [-0.4, -0.2) is 15.0 Å². The summed E-state index contributed by atoms with van der Waals surface area (Å²) in [5.41, 5.74) is 0.437. The molecule has 0 saturated heterocycles. The zero-order valence-corrected chi connectivity index (χ0v) is 8.66. The molecule has 0 bridgehead atoms. The average Bonchev–Trinajstić information content (AvgIpc) is 2.26. The third-order valence-electron chi connectivity index (χ3n) is 2.30. The van der Waals surface area contributed by atoms with Crippen molar-refractivity contribution in [3.05, 3.63) is 34.5 Å². The Kier molecular flexibility index (Phi) is 2.76. The molecule has 0 fully saturated rings. The predicted molar refractivity (Wildman–Crippen MR) is 58.8 cm³/mol. The number of hydrogen-bond acceptors (Lipinski definition) is 3. The number of H-pyrrole nitrogens is 1. The summed E-state index contributed by atoms with van der Waals surface area (Å²) in [6.07, 6.45) is 4.59. The number of nitrogens with one attached hydrogen (secondary N) is 1. The number of pyridine rings is 1. The maximum absolute atomic E-state index is 11.6. The highest BCUT2D eigenvalue weighted by Gasteiger charge is 2.02. The molecule has 78 valence electrons. The van der Waals surface area contributed by atoms with Crippen LogP contribution in [0.2, 0.25) is 0 Å². The number of aromatic nitrogens is 3. The van der Waals surface area contributed by atoms with Crippen molar-refractivity contribution in [2.24, 2.45) is 0 Å². The predicted octanol–water partition coefficient (Wildman–Crippen LogP) is 1.66. The Hall–Kier alpha value is -1.71. The second-order valence-corrected chi connectivity index (χ2v) is 3.49. The fourth-order valence-electron chi connectivity index (χ4n) is 1.49. The van der Waals surface area contributed by atoms with Gasteiger partial charge in [-0.15, -0.1) is 0 Å². The summed E-state index contributed by atoms with van der Waals surface area (Å²) >= 11 is 0. The van der Waals surface area contributed by atoms with E-state index < -0.39 is 0 Å². The van der Waals surface area contributed by atoms with Crippen molar-refractivity contribution >= 4 is 11.0 Å². The van der Waals surface area contributed by atoms with E-state index in [1.54, 1.807) is 18.3 Å². The fraction of sp³-hybridized carbons (Fsp3) is 0.364. The van der Waals surface area contributed by atoms with E-state index in [1.165, 1.54) is 0 Å². The van der Waals surface area contributed by atoms with Crippen LogP contribution in [0.25, 0.3) is 11.0 Å². The summed E-state index contributed by atoms with van der Waals surface area (Å²) < 4.78 is 0. The van der Waals surface area contributed by atoms with E-state index in [0.717, 1.165) is 25.1 Å². The molecule has 0 aliphatic carbocycles. The Morgan fingerprint density at radius 3 is 3.13 bits per heavy atom. The first kappa shape index (κ1) is 9.83. The highest BCUT2D eigenvalue weighted by atomic mass is 16.1. The van der Waals surface area contributed by atoms with Crippen molar-refractivity contribution in [1.29, 1.82) is 0 Å². The number of unbranched alkanes of at least 4 members (excludes halogenated alkanes) is 1. The Morgan fingerprint density at radius 1 is 1.47 bits per heavy atom. The first-order valence-electron chi connectivity index (χ1n) is 5.15. The summed E-state index contributed by atoms with van der Waals surface area (Å²) in [5, 5.41) is 0.553. The zero-order chi connectivity index (χ0) is 10.7. The van der Waals surface area contributed by atoms with Crippen LogP contribution in [0.3, 0.4) is 0 Å². The lowest BCUT2D eigenvalue weighted by atomic mass is 10.2. The van der Waals surface area contributed by atoms with Gasteiger partial charge in [0.15, 0.2) is 0 Å². The van der Waals surface area contributed by atoms with E-state index >= 15 is 0 Å². The zero-order valence-electron chi connectivity index (χ0n) is 8.66. The molecular formula is C11H13N3O. The van der Waals surface area contributed by atoms with E-state index in [9.17, 15) is 4.79 Å². The second-order valence-electron chi connectivity index (χ2n) is 3.49. The summed E-state index contributed by atoms with van der Waals surface area (Å²) in [5.74, 6) is 0.730. The topological polar surface area (TPSA) is 58.6 Å². The largest absolute Gasteiger partial charge is 0.328 e. The number of fused-ring (bicyclic) bond motifs is 1. The van der Waals surface area contributed by atoms with Gasteiger partial charge in [-0.25, -0.2) is 4.98 Å². The molecule has 2 aromatic rings. The molecule has 0 saturated carbocycles. The summed E-state index contributed by atoms with van der Waals surface area (Å²) in [6.45, 7) is 2.11. The quantitative estimate of drug-likeness (QED) is 0.825. The van der Waals surface area contributed by atoms with Gasteiger partial charge in [-0.3, -0.25) is 4.79 Å². The first-order valence-corrected chi connectivity index (χ1v) is 5.15. The maximum atomic E-state index is 11.6. The summed E-state index contributed by atoms with van der Waals surface area (Å²) in [6, 6.07) is 3.47. The van der Waals surface area contributed by atoms with Crippen molar-refractivity contribution < 1.29 is 0 Å². The van der Waals surface area contributed by atoms with Gasteiger partial charge in [0.25, 0.3) is 5.56 Å². The van der Waals surface area contributed by atoms with Crippen LogP contribution < -0.4 is 5.56 Å². The van der Waals surface area contributed by atoms with Gasteiger partial charge in [0.05, 0.1) is 5.39 Å². The van der Waals surface area contributed by atoms with Gasteiger partial charge in [-0.1, -0.05) is 13.3 Å².